The Hall–Kier alpha value is -1.22. The smallest absolute Gasteiger partial charge is 0.191 e. The van der Waals surface area contributed by atoms with E-state index in [0.29, 0.717) is 13.2 Å². The third kappa shape index (κ3) is 6.40. The highest BCUT2D eigenvalue weighted by molar-refractivity contribution is 14.0. The van der Waals surface area contributed by atoms with Gasteiger partial charge in [0.25, 0.3) is 0 Å². The number of aliphatic imine (C=N–C) groups is 1. The second-order valence-electron chi connectivity index (χ2n) is 8.00. The molecule has 1 aromatic carbocycles. The molecule has 2 aliphatic rings. The van der Waals surface area contributed by atoms with E-state index in [2.05, 4.69) is 46.5 Å². The van der Waals surface area contributed by atoms with Crippen LogP contribution < -0.4 is 20.1 Å². The van der Waals surface area contributed by atoms with Crippen LogP contribution in [0.4, 0.5) is 0 Å². The van der Waals surface area contributed by atoms with E-state index in [1.54, 1.807) is 0 Å². The van der Waals surface area contributed by atoms with E-state index in [0.717, 1.165) is 37.1 Å². The maximum Gasteiger partial charge on any atom is 0.191 e. The zero-order valence-electron chi connectivity index (χ0n) is 17.4. The van der Waals surface area contributed by atoms with E-state index in [9.17, 15) is 0 Å². The lowest BCUT2D eigenvalue weighted by molar-refractivity contribution is 0.171. The molecule has 0 spiro atoms. The van der Waals surface area contributed by atoms with Crippen LogP contribution in [0, 0.1) is 0 Å². The highest BCUT2D eigenvalue weighted by Gasteiger charge is 2.24. The van der Waals surface area contributed by atoms with Gasteiger partial charge in [-0.1, -0.05) is 26.3 Å². The number of benzene rings is 1. The number of hydrogen-bond acceptors (Lipinski definition) is 4. The third-order valence-corrected chi connectivity index (χ3v) is 5.41. The second-order valence-corrected chi connectivity index (χ2v) is 8.00. The minimum atomic E-state index is -0.0552. The predicted octanol–water partition coefficient (Wildman–Crippen LogP) is 3.00. The van der Waals surface area contributed by atoms with Crippen LogP contribution in [0.25, 0.3) is 0 Å². The Kier molecular flexibility index (Phi) is 9.14. The van der Waals surface area contributed by atoms with Gasteiger partial charge in [0, 0.05) is 32.1 Å². The van der Waals surface area contributed by atoms with Gasteiger partial charge in [-0.15, -0.1) is 24.0 Å². The number of fused-ring (bicyclic) bond motifs is 1. The monoisotopic (exact) mass is 502 g/mol. The van der Waals surface area contributed by atoms with Gasteiger partial charge in [-0.2, -0.15) is 0 Å². The van der Waals surface area contributed by atoms with Crippen LogP contribution in [-0.2, 0) is 5.41 Å². The molecular weight excluding hydrogens is 467 g/mol. The third-order valence-electron chi connectivity index (χ3n) is 5.41. The lowest BCUT2D eigenvalue weighted by Crippen LogP contribution is -2.46. The molecule has 7 heteroatoms. The Morgan fingerprint density at radius 2 is 1.79 bits per heavy atom. The Bertz CT molecular complexity index is 645. The van der Waals surface area contributed by atoms with Crippen molar-refractivity contribution in [2.45, 2.75) is 38.5 Å². The number of nitrogens with one attached hydrogen (secondary N) is 2. The first-order valence-corrected chi connectivity index (χ1v) is 10.2. The molecule has 1 saturated heterocycles. The van der Waals surface area contributed by atoms with E-state index in [-0.39, 0.29) is 29.4 Å². The molecular formula is C21H35IN4O2. The largest absolute Gasteiger partial charge is 0.486 e. The lowest BCUT2D eigenvalue weighted by atomic mass is 9.84. The van der Waals surface area contributed by atoms with E-state index < -0.39 is 0 Å². The first-order valence-electron chi connectivity index (χ1n) is 10.2. The topological polar surface area (TPSA) is 58.1 Å². The molecule has 158 valence electrons. The first kappa shape index (κ1) is 23.1. The van der Waals surface area contributed by atoms with Crippen molar-refractivity contribution in [2.24, 2.45) is 4.99 Å². The molecule has 3 rings (SSSR count). The summed E-state index contributed by atoms with van der Waals surface area (Å²) < 4.78 is 11.4. The maximum absolute atomic E-state index is 5.73. The van der Waals surface area contributed by atoms with Gasteiger partial charge in [-0.25, -0.2) is 0 Å². The number of likely N-dealkylation sites (tertiary alicyclic amines) is 1. The Balaban J connectivity index is 0.00000280. The molecule has 2 aliphatic heterocycles. The van der Waals surface area contributed by atoms with Crippen LogP contribution >= 0.6 is 24.0 Å². The number of guanidine groups is 1. The van der Waals surface area contributed by atoms with E-state index in [4.69, 9.17) is 9.47 Å². The predicted molar refractivity (Wildman–Crippen MR) is 126 cm³/mol. The first-order chi connectivity index (χ1) is 13.1. The van der Waals surface area contributed by atoms with Crippen molar-refractivity contribution < 1.29 is 9.47 Å². The molecule has 0 atom stereocenters. The number of hydrogen-bond donors (Lipinski definition) is 2. The number of nitrogens with zero attached hydrogens (tertiary/aromatic N) is 2. The van der Waals surface area contributed by atoms with Crippen LogP contribution in [0.3, 0.4) is 0 Å². The van der Waals surface area contributed by atoms with Crippen LogP contribution in [0.5, 0.6) is 11.5 Å². The van der Waals surface area contributed by atoms with Crippen molar-refractivity contribution in [2.75, 3.05) is 53.0 Å². The lowest BCUT2D eigenvalue weighted by Gasteiger charge is -2.29. The minimum Gasteiger partial charge on any atom is -0.486 e. The van der Waals surface area contributed by atoms with Crippen LogP contribution in [0.15, 0.2) is 23.2 Å². The van der Waals surface area contributed by atoms with Gasteiger partial charge in [-0.05, 0) is 43.6 Å². The van der Waals surface area contributed by atoms with Gasteiger partial charge in [0.05, 0.1) is 0 Å². The fourth-order valence-electron chi connectivity index (χ4n) is 3.61. The Morgan fingerprint density at radius 3 is 2.50 bits per heavy atom. The van der Waals surface area contributed by atoms with E-state index in [1.165, 1.54) is 37.9 Å². The summed E-state index contributed by atoms with van der Waals surface area (Å²) in [4.78, 5) is 6.90. The fourth-order valence-corrected chi connectivity index (χ4v) is 3.61. The average molecular weight is 502 g/mol. The summed E-state index contributed by atoms with van der Waals surface area (Å²) in [6, 6.07) is 6.24. The molecule has 0 bridgehead atoms. The molecule has 0 radical (unpaired) electrons. The average Bonchev–Trinajstić information content (AvgIpc) is 2.71. The molecule has 2 heterocycles. The second kappa shape index (κ2) is 11.1. The summed E-state index contributed by atoms with van der Waals surface area (Å²) >= 11 is 0. The number of ether oxygens (including phenoxy) is 2. The fraction of sp³-hybridized carbons (Fsp3) is 0.667. The molecule has 0 amide bonds. The Morgan fingerprint density at radius 1 is 1.07 bits per heavy atom. The van der Waals surface area contributed by atoms with E-state index in [1.807, 2.05) is 13.1 Å². The standard InChI is InChI=1S/C21H34N4O2.HI/c1-21(2,17-7-8-18-19(15-17)27-14-13-26-18)16-24-20(22-3)23-9-12-25-10-5-4-6-11-25;/h7-8,15H,4-6,9-14,16H2,1-3H3,(H2,22,23,24);1H. The normalized spacial score (nSPS) is 17.6. The number of piperidine rings is 1. The van der Waals surface area contributed by atoms with Gasteiger partial charge in [0.2, 0.25) is 0 Å². The molecule has 28 heavy (non-hydrogen) atoms. The van der Waals surface area contributed by atoms with Gasteiger partial charge in [-0.3, -0.25) is 4.99 Å². The minimum absolute atomic E-state index is 0. The van der Waals surface area contributed by atoms with Crippen molar-refractivity contribution in [3.63, 3.8) is 0 Å². The summed E-state index contributed by atoms with van der Waals surface area (Å²) in [7, 11) is 1.83. The molecule has 0 aliphatic carbocycles. The molecule has 2 N–H and O–H groups in total. The Labute approximate surface area is 186 Å². The van der Waals surface area contributed by atoms with Gasteiger partial charge in [0.15, 0.2) is 17.5 Å². The number of rotatable bonds is 6. The molecule has 0 aromatic heterocycles. The summed E-state index contributed by atoms with van der Waals surface area (Å²) in [5.74, 6) is 2.54. The van der Waals surface area contributed by atoms with Gasteiger partial charge in [0.1, 0.15) is 13.2 Å². The highest BCUT2D eigenvalue weighted by atomic mass is 127. The van der Waals surface area contributed by atoms with Crippen molar-refractivity contribution in [3.05, 3.63) is 23.8 Å². The number of halogens is 1. The summed E-state index contributed by atoms with van der Waals surface area (Å²) in [6.45, 7) is 10.9. The zero-order valence-corrected chi connectivity index (χ0v) is 19.8. The van der Waals surface area contributed by atoms with Crippen molar-refractivity contribution in [3.8, 4) is 11.5 Å². The van der Waals surface area contributed by atoms with Crippen LogP contribution in [0.2, 0.25) is 0 Å². The summed E-state index contributed by atoms with van der Waals surface area (Å²) in [5, 5.41) is 6.92. The molecule has 1 fully saturated rings. The molecule has 0 saturated carbocycles. The van der Waals surface area contributed by atoms with Crippen molar-refractivity contribution >= 4 is 29.9 Å². The molecule has 1 aromatic rings. The van der Waals surface area contributed by atoms with Crippen LogP contribution in [0.1, 0.15) is 38.7 Å². The van der Waals surface area contributed by atoms with Gasteiger partial charge < -0.3 is 25.0 Å². The summed E-state index contributed by atoms with van der Waals surface area (Å²) in [6.07, 6.45) is 4.04. The SMILES string of the molecule is CN=C(NCCN1CCCCC1)NCC(C)(C)c1ccc2c(c1)OCCO2.I. The maximum atomic E-state index is 5.73. The molecule has 0 unspecified atom stereocenters. The van der Waals surface area contributed by atoms with E-state index >= 15 is 0 Å². The van der Waals surface area contributed by atoms with Crippen molar-refractivity contribution in [1.29, 1.82) is 0 Å². The zero-order chi connectivity index (χ0) is 19.1. The highest BCUT2D eigenvalue weighted by Crippen LogP contribution is 2.34. The molecule has 6 nitrogen and oxygen atoms in total. The van der Waals surface area contributed by atoms with Crippen LogP contribution in [-0.4, -0.2) is 63.8 Å². The quantitative estimate of drug-likeness (QED) is 0.356. The summed E-state index contributed by atoms with van der Waals surface area (Å²) in [5.41, 5.74) is 1.17. The van der Waals surface area contributed by atoms with Crippen molar-refractivity contribution in [1.82, 2.24) is 15.5 Å². The van der Waals surface area contributed by atoms with Gasteiger partial charge >= 0.3 is 0 Å².